The van der Waals surface area contributed by atoms with Crippen LogP contribution in [0.15, 0.2) is 35.4 Å². The maximum atomic E-state index is 12.9. The van der Waals surface area contributed by atoms with Gasteiger partial charge in [0, 0.05) is 11.1 Å². The minimum absolute atomic E-state index is 0.354. The van der Waals surface area contributed by atoms with E-state index in [1.54, 1.807) is 32.4 Å². The third-order valence-corrected chi connectivity index (χ3v) is 4.52. The summed E-state index contributed by atoms with van der Waals surface area (Å²) in [5.74, 6) is 2.20. The van der Waals surface area contributed by atoms with E-state index < -0.39 is 0 Å². The summed E-state index contributed by atoms with van der Waals surface area (Å²) in [5, 5.41) is 4.34. The van der Waals surface area contributed by atoms with Gasteiger partial charge in [0.2, 0.25) is 5.75 Å². The summed E-state index contributed by atoms with van der Waals surface area (Å²) in [6.45, 7) is 8.86. The highest BCUT2D eigenvalue weighted by Gasteiger charge is 2.18. The molecule has 0 aliphatic carbocycles. The van der Waals surface area contributed by atoms with Crippen molar-refractivity contribution in [3.63, 3.8) is 0 Å². The van der Waals surface area contributed by atoms with E-state index in [9.17, 15) is 4.79 Å². The van der Waals surface area contributed by atoms with Crippen LogP contribution in [0.4, 0.5) is 0 Å². The van der Waals surface area contributed by atoms with Gasteiger partial charge in [-0.2, -0.15) is 5.10 Å². The van der Waals surface area contributed by atoms with Gasteiger partial charge < -0.3 is 23.7 Å². The van der Waals surface area contributed by atoms with Crippen LogP contribution in [-0.4, -0.2) is 45.7 Å². The monoisotopic (exact) mass is 444 g/mol. The van der Waals surface area contributed by atoms with Crippen molar-refractivity contribution in [2.24, 2.45) is 5.10 Å². The van der Waals surface area contributed by atoms with E-state index in [1.165, 1.54) is 0 Å². The number of rotatable bonds is 12. The fraction of sp³-hybridized carbons (Fsp3) is 0.417. The minimum atomic E-state index is -0.388. The lowest BCUT2D eigenvalue weighted by atomic mass is 10.1. The molecule has 0 atom stereocenters. The third-order valence-electron chi connectivity index (χ3n) is 4.52. The van der Waals surface area contributed by atoms with Crippen LogP contribution in [0.25, 0.3) is 0 Å². The van der Waals surface area contributed by atoms with Gasteiger partial charge in [0.1, 0.15) is 0 Å². The van der Waals surface area contributed by atoms with Gasteiger partial charge in [-0.15, -0.1) is 0 Å². The molecule has 0 radical (unpaired) electrons. The van der Waals surface area contributed by atoms with Gasteiger partial charge in [0.25, 0.3) is 5.91 Å². The first-order valence-electron chi connectivity index (χ1n) is 10.7. The summed E-state index contributed by atoms with van der Waals surface area (Å²) in [6, 6.07) is 8.75. The molecule has 0 aliphatic heterocycles. The number of benzene rings is 2. The van der Waals surface area contributed by atoms with Crippen LogP contribution < -0.4 is 29.1 Å². The normalized spacial score (nSPS) is 11.0. The Kier molecular flexibility index (Phi) is 9.66. The zero-order chi connectivity index (χ0) is 23.5. The first-order chi connectivity index (χ1) is 15.5. The van der Waals surface area contributed by atoms with Crippen molar-refractivity contribution in [1.29, 1.82) is 0 Å². The Bertz CT molecular complexity index is 915. The number of ether oxygens (including phenoxy) is 5. The van der Waals surface area contributed by atoms with E-state index in [2.05, 4.69) is 10.5 Å². The van der Waals surface area contributed by atoms with Crippen molar-refractivity contribution in [1.82, 2.24) is 5.43 Å². The Morgan fingerprint density at radius 1 is 0.781 bits per heavy atom. The summed E-state index contributed by atoms with van der Waals surface area (Å²) < 4.78 is 27.7. The zero-order valence-electron chi connectivity index (χ0n) is 19.6. The van der Waals surface area contributed by atoms with Crippen LogP contribution in [0, 0.1) is 0 Å². The predicted octanol–water partition coefficient (Wildman–Crippen LogP) is 4.44. The Balaban J connectivity index is 2.34. The average Bonchev–Trinajstić information content (AvgIpc) is 2.81. The van der Waals surface area contributed by atoms with Crippen molar-refractivity contribution >= 4 is 11.6 Å². The number of hydrogen-bond donors (Lipinski definition) is 1. The lowest BCUT2D eigenvalue weighted by Gasteiger charge is -2.16. The fourth-order valence-electron chi connectivity index (χ4n) is 3.07. The molecule has 0 bridgehead atoms. The number of methoxy groups -OCH3 is 2. The molecule has 8 nitrogen and oxygen atoms in total. The topological polar surface area (TPSA) is 87.6 Å². The Labute approximate surface area is 189 Å². The number of carbonyl (C=O) groups is 1. The van der Waals surface area contributed by atoms with Gasteiger partial charge in [-0.3, -0.25) is 4.79 Å². The number of hydrogen-bond acceptors (Lipinski definition) is 7. The molecule has 0 fully saturated rings. The molecule has 0 saturated heterocycles. The molecule has 32 heavy (non-hydrogen) atoms. The molecule has 0 unspecified atom stereocenters. The fourth-order valence-corrected chi connectivity index (χ4v) is 3.07. The average molecular weight is 445 g/mol. The maximum Gasteiger partial charge on any atom is 0.271 e. The van der Waals surface area contributed by atoms with E-state index >= 15 is 0 Å². The highest BCUT2D eigenvalue weighted by Crippen LogP contribution is 2.39. The second kappa shape index (κ2) is 12.4. The van der Waals surface area contributed by atoms with Gasteiger partial charge in [-0.05, 0) is 57.5 Å². The molecule has 2 aromatic rings. The van der Waals surface area contributed by atoms with E-state index in [-0.39, 0.29) is 5.91 Å². The summed E-state index contributed by atoms with van der Waals surface area (Å²) in [6.07, 6.45) is 0.605. The van der Waals surface area contributed by atoms with E-state index in [0.717, 1.165) is 5.56 Å². The van der Waals surface area contributed by atoms with Gasteiger partial charge in [-0.1, -0.05) is 6.92 Å². The molecule has 2 aromatic carbocycles. The molecule has 1 N–H and O–H groups in total. The van der Waals surface area contributed by atoms with Gasteiger partial charge in [0.05, 0.1) is 39.8 Å². The van der Waals surface area contributed by atoms with E-state index in [1.807, 2.05) is 39.8 Å². The largest absolute Gasteiger partial charge is 0.493 e. The maximum absolute atomic E-state index is 12.9. The SMILES string of the molecule is CCOc1cc(C(=O)N/N=C(\CC)c2ccc(OC)c(OC)c2)cc(OCC)c1OCC. The number of amides is 1. The minimum Gasteiger partial charge on any atom is -0.493 e. The van der Waals surface area contributed by atoms with Gasteiger partial charge in [0.15, 0.2) is 23.0 Å². The lowest BCUT2D eigenvalue weighted by molar-refractivity contribution is 0.0953. The smallest absolute Gasteiger partial charge is 0.271 e. The van der Waals surface area contributed by atoms with Crippen LogP contribution in [0.2, 0.25) is 0 Å². The van der Waals surface area contributed by atoms with Crippen molar-refractivity contribution in [2.75, 3.05) is 34.0 Å². The van der Waals surface area contributed by atoms with Crippen molar-refractivity contribution in [3.8, 4) is 28.7 Å². The summed E-state index contributed by atoms with van der Waals surface area (Å²) >= 11 is 0. The summed E-state index contributed by atoms with van der Waals surface area (Å²) in [4.78, 5) is 12.9. The molecule has 8 heteroatoms. The molecule has 1 amide bonds. The van der Waals surface area contributed by atoms with Crippen LogP contribution >= 0.6 is 0 Å². The molecule has 0 heterocycles. The van der Waals surface area contributed by atoms with Gasteiger partial charge in [-0.25, -0.2) is 5.43 Å². The number of carbonyl (C=O) groups excluding carboxylic acids is 1. The quantitative estimate of drug-likeness (QED) is 0.385. The molecular formula is C24H32N2O6. The molecule has 0 spiro atoms. The number of hydrazone groups is 1. The van der Waals surface area contributed by atoms with Crippen LogP contribution in [-0.2, 0) is 0 Å². The molecular weight excluding hydrogens is 412 g/mol. The van der Waals surface area contributed by atoms with Crippen molar-refractivity contribution < 1.29 is 28.5 Å². The Hall–Kier alpha value is -3.42. The molecule has 0 saturated carbocycles. The van der Waals surface area contributed by atoms with Crippen LogP contribution in [0.3, 0.4) is 0 Å². The predicted molar refractivity (Wildman–Crippen MR) is 124 cm³/mol. The molecule has 174 valence electrons. The second-order valence-electron chi connectivity index (χ2n) is 6.52. The highest BCUT2D eigenvalue weighted by molar-refractivity contribution is 6.02. The molecule has 0 aliphatic rings. The van der Waals surface area contributed by atoms with Crippen LogP contribution in [0.1, 0.15) is 50.0 Å². The highest BCUT2D eigenvalue weighted by atomic mass is 16.5. The molecule has 2 rings (SSSR count). The lowest BCUT2D eigenvalue weighted by Crippen LogP contribution is -2.20. The first kappa shape index (κ1) is 24.8. The Morgan fingerprint density at radius 3 is 1.84 bits per heavy atom. The van der Waals surface area contributed by atoms with Gasteiger partial charge >= 0.3 is 0 Å². The van der Waals surface area contributed by atoms with Crippen molar-refractivity contribution in [2.45, 2.75) is 34.1 Å². The summed E-state index contributed by atoms with van der Waals surface area (Å²) in [7, 11) is 3.15. The number of nitrogens with zero attached hydrogens (tertiary/aromatic N) is 1. The summed E-state index contributed by atoms with van der Waals surface area (Å²) in [5.41, 5.74) is 4.50. The van der Waals surface area contributed by atoms with Crippen molar-refractivity contribution in [3.05, 3.63) is 41.5 Å². The number of nitrogens with one attached hydrogen (secondary N) is 1. The van der Waals surface area contributed by atoms with Crippen LogP contribution in [0.5, 0.6) is 28.7 Å². The Morgan fingerprint density at radius 2 is 1.34 bits per heavy atom. The van der Waals surface area contributed by atoms with E-state index in [0.29, 0.717) is 66.3 Å². The standard InChI is InChI=1S/C24H32N2O6/c1-7-18(16-11-12-19(28-5)20(13-16)29-6)25-26-24(27)17-14-21(30-8-2)23(32-10-4)22(15-17)31-9-3/h11-15H,7-10H2,1-6H3,(H,26,27)/b25-18+. The van der Waals surface area contributed by atoms with E-state index in [4.69, 9.17) is 23.7 Å². The molecule has 0 aromatic heterocycles. The third kappa shape index (κ3) is 6.06. The first-order valence-corrected chi connectivity index (χ1v) is 10.7. The zero-order valence-corrected chi connectivity index (χ0v) is 19.6. The second-order valence-corrected chi connectivity index (χ2v) is 6.52.